The second kappa shape index (κ2) is 3.87. The molecule has 2 aliphatic rings. The molecule has 2 aliphatic heterocycles. The van der Waals surface area contributed by atoms with Crippen molar-refractivity contribution < 1.29 is 14.3 Å². The zero-order valence-electron chi connectivity index (χ0n) is 9.84. The van der Waals surface area contributed by atoms with Crippen LogP contribution in [0.4, 0.5) is 4.79 Å². The SMILES string of the molecule is CN1C(=O)NC(c2ccccc2)C2=C1COC2=O. The third kappa shape index (κ3) is 1.48. The van der Waals surface area contributed by atoms with Crippen LogP contribution in [0.1, 0.15) is 11.6 Å². The largest absolute Gasteiger partial charge is 0.456 e. The van der Waals surface area contributed by atoms with Gasteiger partial charge in [0.15, 0.2) is 0 Å². The minimum Gasteiger partial charge on any atom is -0.456 e. The molecule has 5 heteroatoms. The van der Waals surface area contributed by atoms with Gasteiger partial charge in [-0.25, -0.2) is 9.59 Å². The summed E-state index contributed by atoms with van der Waals surface area (Å²) >= 11 is 0. The molecule has 1 unspecified atom stereocenters. The fourth-order valence-electron chi connectivity index (χ4n) is 2.28. The van der Waals surface area contributed by atoms with Gasteiger partial charge in [0.05, 0.1) is 17.3 Å². The molecular formula is C13H12N2O3. The van der Waals surface area contributed by atoms with Gasteiger partial charge in [-0.05, 0) is 5.56 Å². The molecular weight excluding hydrogens is 232 g/mol. The molecule has 0 fully saturated rings. The molecule has 5 nitrogen and oxygen atoms in total. The van der Waals surface area contributed by atoms with Crippen LogP contribution in [0.5, 0.6) is 0 Å². The number of hydrogen-bond acceptors (Lipinski definition) is 3. The molecule has 0 saturated carbocycles. The van der Waals surface area contributed by atoms with E-state index in [1.54, 1.807) is 7.05 Å². The lowest BCUT2D eigenvalue weighted by Gasteiger charge is -2.30. The van der Waals surface area contributed by atoms with E-state index in [1.807, 2.05) is 30.3 Å². The number of rotatable bonds is 1. The molecule has 1 atom stereocenters. The number of nitrogens with one attached hydrogen (secondary N) is 1. The summed E-state index contributed by atoms with van der Waals surface area (Å²) in [6.45, 7) is 0.168. The Morgan fingerprint density at radius 1 is 1.28 bits per heavy atom. The van der Waals surface area contributed by atoms with E-state index in [-0.39, 0.29) is 18.6 Å². The van der Waals surface area contributed by atoms with Crippen molar-refractivity contribution in [3.8, 4) is 0 Å². The first-order valence-electron chi connectivity index (χ1n) is 5.68. The molecule has 0 radical (unpaired) electrons. The van der Waals surface area contributed by atoms with E-state index < -0.39 is 6.04 Å². The number of likely N-dealkylation sites (N-methyl/N-ethyl adjacent to an activating group) is 1. The maximum atomic E-state index is 11.8. The number of ether oxygens (including phenoxy) is 1. The van der Waals surface area contributed by atoms with Crippen molar-refractivity contribution in [1.82, 2.24) is 10.2 Å². The summed E-state index contributed by atoms with van der Waals surface area (Å²) in [4.78, 5) is 25.1. The fourth-order valence-corrected chi connectivity index (χ4v) is 2.28. The zero-order chi connectivity index (χ0) is 12.7. The molecule has 2 heterocycles. The molecule has 0 aliphatic carbocycles. The van der Waals surface area contributed by atoms with Crippen molar-refractivity contribution in [2.45, 2.75) is 6.04 Å². The van der Waals surface area contributed by atoms with E-state index in [1.165, 1.54) is 4.90 Å². The number of hydrogen-bond donors (Lipinski definition) is 1. The van der Waals surface area contributed by atoms with Crippen LogP contribution < -0.4 is 5.32 Å². The number of nitrogens with zero attached hydrogens (tertiary/aromatic N) is 1. The van der Waals surface area contributed by atoms with Crippen molar-refractivity contribution in [1.29, 1.82) is 0 Å². The van der Waals surface area contributed by atoms with Gasteiger partial charge in [0, 0.05) is 7.05 Å². The van der Waals surface area contributed by atoms with Crippen LogP contribution in [0.3, 0.4) is 0 Å². The van der Waals surface area contributed by atoms with Crippen molar-refractivity contribution in [2.24, 2.45) is 0 Å². The van der Waals surface area contributed by atoms with Crippen LogP contribution in [0.15, 0.2) is 41.6 Å². The summed E-state index contributed by atoms with van der Waals surface area (Å²) in [5.41, 5.74) is 2.06. The first-order chi connectivity index (χ1) is 8.68. The quantitative estimate of drug-likeness (QED) is 0.755. The molecule has 1 aromatic carbocycles. The third-order valence-electron chi connectivity index (χ3n) is 3.27. The fraction of sp³-hybridized carbons (Fsp3) is 0.231. The van der Waals surface area contributed by atoms with Gasteiger partial charge < -0.3 is 10.1 Å². The minimum absolute atomic E-state index is 0.168. The molecule has 1 N–H and O–H groups in total. The average Bonchev–Trinajstić information content (AvgIpc) is 2.77. The molecule has 2 amide bonds. The van der Waals surface area contributed by atoms with Gasteiger partial charge in [-0.15, -0.1) is 0 Å². The summed E-state index contributed by atoms with van der Waals surface area (Å²) in [6.07, 6.45) is 0. The summed E-state index contributed by atoms with van der Waals surface area (Å²) in [7, 11) is 1.63. The van der Waals surface area contributed by atoms with Gasteiger partial charge in [0.25, 0.3) is 0 Å². The molecule has 18 heavy (non-hydrogen) atoms. The lowest BCUT2D eigenvalue weighted by Crippen LogP contribution is -2.45. The van der Waals surface area contributed by atoms with Gasteiger partial charge in [0.2, 0.25) is 0 Å². The van der Waals surface area contributed by atoms with Crippen LogP contribution in [0, 0.1) is 0 Å². The first-order valence-corrected chi connectivity index (χ1v) is 5.68. The molecule has 0 bridgehead atoms. The number of esters is 1. The van der Waals surface area contributed by atoms with Gasteiger partial charge in [-0.3, -0.25) is 4.90 Å². The Morgan fingerprint density at radius 3 is 2.72 bits per heavy atom. The van der Waals surface area contributed by atoms with E-state index >= 15 is 0 Å². The average molecular weight is 244 g/mol. The van der Waals surface area contributed by atoms with E-state index in [9.17, 15) is 9.59 Å². The smallest absolute Gasteiger partial charge is 0.338 e. The number of carbonyl (C=O) groups excluding carboxylic acids is 2. The summed E-state index contributed by atoms with van der Waals surface area (Å²) in [5, 5.41) is 2.81. The van der Waals surface area contributed by atoms with Crippen LogP contribution in [-0.2, 0) is 9.53 Å². The van der Waals surface area contributed by atoms with Crippen molar-refractivity contribution in [2.75, 3.05) is 13.7 Å². The highest BCUT2D eigenvalue weighted by Crippen LogP contribution is 2.33. The lowest BCUT2D eigenvalue weighted by atomic mass is 9.96. The Morgan fingerprint density at radius 2 is 2.00 bits per heavy atom. The molecule has 1 aromatic rings. The number of cyclic esters (lactones) is 1. The van der Waals surface area contributed by atoms with Crippen LogP contribution in [0.2, 0.25) is 0 Å². The second-order valence-electron chi connectivity index (χ2n) is 4.29. The Balaban J connectivity index is 2.10. The highest BCUT2D eigenvalue weighted by Gasteiger charge is 2.40. The lowest BCUT2D eigenvalue weighted by molar-refractivity contribution is -0.136. The molecule has 3 rings (SSSR count). The maximum Gasteiger partial charge on any atom is 0.338 e. The van der Waals surface area contributed by atoms with Crippen molar-refractivity contribution in [3.05, 3.63) is 47.2 Å². The zero-order valence-corrected chi connectivity index (χ0v) is 9.84. The predicted molar refractivity (Wildman–Crippen MR) is 63.5 cm³/mol. The van der Waals surface area contributed by atoms with Crippen molar-refractivity contribution >= 4 is 12.0 Å². The minimum atomic E-state index is -0.417. The Bertz CT molecular complexity index is 551. The van der Waals surface area contributed by atoms with Gasteiger partial charge in [-0.1, -0.05) is 30.3 Å². The summed E-state index contributed by atoms with van der Waals surface area (Å²) in [6, 6.07) is 8.77. The number of urea groups is 1. The van der Waals surface area contributed by atoms with Gasteiger partial charge in [-0.2, -0.15) is 0 Å². The Hall–Kier alpha value is -2.30. The number of amides is 2. The van der Waals surface area contributed by atoms with E-state index in [4.69, 9.17) is 4.74 Å². The second-order valence-corrected chi connectivity index (χ2v) is 4.29. The van der Waals surface area contributed by atoms with Crippen molar-refractivity contribution in [3.63, 3.8) is 0 Å². The molecule has 92 valence electrons. The summed E-state index contributed by atoms with van der Waals surface area (Å²) in [5.74, 6) is -0.356. The number of carbonyl (C=O) groups is 2. The van der Waals surface area contributed by atoms with E-state index in [0.717, 1.165) is 5.56 Å². The normalized spacial score (nSPS) is 22.7. The monoisotopic (exact) mass is 244 g/mol. The molecule has 0 aromatic heterocycles. The highest BCUT2D eigenvalue weighted by molar-refractivity contribution is 5.97. The maximum absolute atomic E-state index is 11.8. The molecule has 0 saturated heterocycles. The first kappa shape index (κ1) is 10.8. The number of benzene rings is 1. The van der Waals surface area contributed by atoms with Gasteiger partial charge >= 0.3 is 12.0 Å². The standard InChI is InChI=1S/C13H12N2O3/c1-15-9-7-18-12(16)10(9)11(14-13(15)17)8-5-3-2-4-6-8/h2-6,11H,7H2,1H3,(H,14,17). The Kier molecular flexibility index (Phi) is 2.33. The van der Waals surface area contributed by atoms with Crippen LogP contribution in [-0.4, -0.2) is 30.6 Å². The third-order valence-corrected chi connectivity index (χ3v) is 3.27. The Labute approximate surface area is 104 Å². The highest BCUT2D eigenvalue weighted by atomic mass is 16.5. The van der Waals surface area contributed by atoms with E-state index in [2.05, 4.69) is 5.32 Å². The van der Waals surface area contributed by atoms with Crippen LogP contribution in [0.25, 0.3) is 0 Å². The predicted octanol–water partition coefficient (Wildman–Crippen LogP) is 1.19. The topological polar surface area (TPSA) is 58.6 Å². The van der Waals surface area contributed by atoms with Crippen LogP contribution >= 0.6 is 0 Å². The van der Waals surface area contributed by atoms with Gasteiger partial charge in [0.1, 0.15) is 6.61 Å². The molecule has 0 spiro atoms. The summed E-state index contributed by atoms with van der Waals surface area (Å²) < 4.78 is 5.02. The van der Waals surface area contributed by atoms with E-state index in [0.29, 0.717) is 11.3 Å².